The summed E-state index contributed by atoms with van der Waals surface area (Å²) in [4.78, 5) is 32.3. The zero-order chi connectivity index (χ0) is 28.5. The lowest BCUT2D eigenvalue weighted by Crippen LogP contribution is -2.27. The van der Waals surface area contributed by atoms with Crippen LogP contribution in [0.3, 0.4) is 0 Å². The molecule has 39 heavy (non-hydrogen) atoms. The third-order valence-electron chi connectivity index (χ3n) is 5.94. The number of halogens is 4. The van der Waals surface area contributed by atoms with Crippen molar-refractivity contribution in [3.05, 3.63) is 75.1 Å². The molecular formula is C24H22F4N6O4S. The number of aromatic amines is 1. The minimum absolute atomic E-state index is 0.00735. The summed E-state index contributed by atoms with van der Waals surface area (Å²) in [5, 5.41) is 8.35. The zero-order valence-electron chi connectivity index (χ0n) is 20.6. The van der Waals surface area contributed by atoms with Crippen molar-refractivity contribution >= 4 is 26.3 Å². The van der Waals surface area contributed by atoms with Crippen molar-refractivity contribution in [2.24, 2.45) is 0 Å². The number of aryl methyl sites for hydroxylation is 1. The normalized spacial score (nSPS) is 13.0. The molecule has 10 nitrogen and oxygen atoms in total. The minimum atomic E-state index is -4.86. The molecule has 0 aliphatic carbocycles. The lowest BCUT2D eigenvalue weighted by Gasteiger charge is -2.18. The number of sulfone groups is 1. The number of fused-ring (bicyclic) bond motifs is 1. The van der Waals surface area contributed by atoms with E-state index in [1.165, 1.54) is 16.8 Å². The average molecular weight is 567 g/mol. The number of nitrogens with zero attached hydrogens (tertiary/aromatic N) is 4. The number of anilines is 1. The summed E-state index contributed by atoms with van der Waals surface area (Å²) in [6.07, 6.45) is 1.43. The molecule has 0 saturated carbocycles. The van der Waals surface area contributed by atoms with E-state index >= 15 is 0 Å². The van der Waals surface area contributed by atoms with Gasteiger partial charge >= 0.3 is 6.18 Å². The first kappa shape index (κ1) is 27.9. The van der Waals surface area contributed by atoms with E-state index in [4.69, 9.17) is 0 Å². The Kier molecular flexibility index (Phi) is 7.54. The van der Waals surface area contributed by atoms with Gasteiger partial charge in [-0.05, 0) is 43.4 Å². The number of benzene rings is 1. The second-order valence-corrected chi connectivity index (χ2v) is 10.9. The van der Waals surface area contributed by atoms with Gasteiger partial charge in [0.15, 0.2) is 15.7 Å². The summed E-state index contributed by atoms with van der Waals surface area (Å²) < 4.78 is 79.2. The van der Waals surface area contributed by atoms with Crippen molar-refractivity contribution in [2.75, 3.05) is 11.6 Å². The van der Waals surface area contributed by atoms with Gasteiger partial charge < -0.3 is 9.88 Å². The molecule has 3 heterocycles. The summed E-state index contributed by atoms with van der Waals surface area (Å²) in [7, 11) is -3.52. The summed E-state index contributed by atoms with van der Waals surface area (Å²) in [5.41, 5.74) is -3.64. The van der Waals surface area contributed by atoms with E-state index in [1.807, 2.05) is 0 Å². The number of hydrogen-bond donors (Lipinski definition) is 2. The van der Waals surface area contributed by atoms with Crippen LogP contribution in [0.25, 0.3) is 22.2 Å². The summed E-state index contributed by atoms with van der Waals surface area (Å²) in [6, 6.07) is 3.56. The van der Waals surface area contributed by atoms with Gasteiger partial charge in [-0.15, -0.1) is 0 Å². The van der Waals surface area contributed by atoms with Crippen LogP contribution < -0.4 is 16.4 Å². The maximum atomic E-state index is 14.9. The summed E-state index contributed by atoms with van der Waals surface area (Å²) >= 11 is 0. The van der Waals surface area contributed by atoms with Gasteiger partial charge in [0.1, 0.15) is 16.3 Å². The van der Waals surface area contributed by atoms with E-state index < -0.39 is 50.2 Å². The molecule has 2 N–H and O–H groups in total. The first-order valence-corrected chi connectivity index (χ1v) is 13.4. The van der Waals surface area contributed by atoms with E-state index in [2.05, 4.69) is 20.4 Å². The molecule has 0 fully saturated rings. The minimum Gasteiger partial charge on any atom is -0.381 e. The third kappa shape index (κ3) is 6.13. The zero-order valence-corrected chi connectivity index (χ0v) is 21.4. The molecule has 15 heteroatoms. The molecule has 0 bridgehead atoms. The Morgan fingerprint density at radius 2 is 1.82 bits per heavy atom. The molecule has 0 amide bonds. The fourth-order valence-corrected chi connectivity index (χ4v) is 4.48. The van der Waals surface area contributed by atoms with Gasteiger partial charge in [0.05, 0.1) is 22.8 Å². The van der Waals surface area contributed by atoms with E-state index in [1.54, 1.807) is 18.1 Å². The molecule has 1 atom stereocenters. The van der Waals surface area contributed by atoms with E-state index in [0.29, 0.717) is 18.2 Å². The number of pyridine rings is 1. The summed E-state index contributed by atoms with van der Waals surface area (Å²) in [5.74, 6) is -0.814. The molecule has 3 aromatic heterocycles. The average Bonchev–Trinajstić information content (AvgIpc) is 2.84. The molecule has 0 radical (unpaired) electrons. The highest BCUT2D eigenvalue weighted by Gasteiger charge is 2.37. The van der Waals surface area contributed by atoms with Crippen molar-refractivity contribution in [1.82, 2.24) is 24.7 Å². The van der Waals surface area contributed by atoms with Crippen LogP contribution >= 0.6 is 0 Å². The van der Waals surface area contributed by atoms with Gasteiger partial charge in [-0.25, -0.2) is 27.9 Å². The van der Waals surface area contributed by atoms with Crippen molar-refractivity contribution in [2.45, 2.75) is 43.4 Å². The van der Waals surface area contributed by atoms with Gasteiger partial charge in [-0.3, -0.25) is 9.59 Å². The number of alkyl halides is 3. The Labute approximate surface area is 218 Å². The number of aromatic nitrogens is 5. The Morgan fingerprint density at radius 3 is 2.46 bits per heavy atom. The molecule has 1 aromatic carbocycles. The first-order valence-electron chi connectivity index (χ1n) is 11.5. The van der Waals surface area contributed by atoms with Gasteiger partial charge in [0.2, 0.25) is 0 Å². The van der Waals surface area contributed by atoms with Crippen LogP contribution in [-0.2, 0) is 22.6 Å². The van der Waals surface area contributed by atoms with Crippen LogP contribution in [0.4, 0.5) is 23.2 Å². The number of hydrogen-bond acceptors (Lipinski definition) is 8. The number of nitrogens with one attached hydrogen (secondary N) is 2. The van der Waals surface area contributed by atoms with Gasteiger partial charge in [0, 0.05) is 37.4 Å². The maximum Gasteiger partial charge on any atom is 0.423 e. The van der Waals surface area contributed by atoms with Crippen LogP contribution in [-0.4, -0.2) is 45.4 Å². The molecule has 0 spiro atoms. The highest BCUT2D eigenvalue weighted by Crippen LogP contribution is 2.32. The van der Waals surface area contributed by atoms with E-state index in [9.17, 15) is 35.6 Å². The smallest absolute Gasteiger partial charge is 0.381 e. The Balaban J connectivity index is 1.48. The lowest BCUT2D eigenvalue weighted by atomic mass is 10.1. The highest BCUT2D eigenvalue weighted by molar-refractivity contribution is 7.90. The fraction of sp³-hybridized carbons (Fsp3) is 0.292. The molecule has 206 valence electrons. The van der Waals surface area contributed by atoms with Crippen molar-refractivity contribution in [3.63, 3.8) is 0 Å². The second kappa shape index (κ2) is 10.6. The highest BCUT2D eigenvalue weighted by atomic mass is 32.2. The van der Waals surface area contributed by atoms with Crippen molar-refractivity contribution < 1.29 is 26.0 Å². The van der Waals surface area contributed by atoms with Gasteiger partial charge in [-0.1, -0.05) is 0 Å². The third-order valence-corrected chi connectivity index (χ3v) is 7.01. The Hall–Kier alpha value is -4.14. The molecule has 4 rings (SSSR count). The van der Waals surface area contributed by atoms with Crippen LogP contribution in [0.1, 0.15) is 25.3 Å². The monoisotopic (exact) mass is 566 g/mol. The fourth-order valence-electron chi connectivity index (χ4n) is 3.99. The van der Waals surface area contributed by atoms with Gasteiger partial charge in [0.25, 0.3) is 11.1 Å². The van der Waals surface area contributed by atoms with Crippen molar-refractivity contribution in [1.29, 1.82) is 0 Å². The van der Waals surface area contributed by atoms with E-state index in [-0.39, 0.29) is 28.2 Å². The predicted molar refractivity (Wildman–Crippen MR) is 134 cm³/mol. The molecule has 0 aliphatic rings. The second-order valence-electron chi connectivity index (χ2n) is 8.92. The molecule has 0 aliphatic heterocycles. The molecule has 4 aromatic rings. The van der Waals surface area contributed by atoms with Crippen LogP contribution in [0.2, 0.25) is 0 Å². The number of H-pyrrole nitrogens is 1. The van der Waals surface area contributed by atoms with Crippen LogP contribution in [0.15, 0.2) is 57.5 Å². The van der Waals surface area contributed by atoms with Crippen molar-refractivity contribution in [3.8, 4) is 11.4 Å². The quantitative estimate of drug-likeness (QED) is 0.310. The van der Waals surface area contributed by atoms with Crippen LogP contribution in [0.5, 0.6) is 0 Å². The predicted octanol–water partition coefficient (Wildman–Crippen LogP) is 3.38. The molecular weight excluding hydrogens is 544 g/mol. The molecule has 1 unspecified atom stereocenters. The lowest BCUT2D eigenvalue weighted by molar-refractivity contribution is -0.138. The standard InChI is InChI=1S/C24H22F4N6O4S/c1-13(32-19-12-31-33-22(35)20(19)24(26,27)28)4-3-6-34-7-5-14-8-17(18(25)9-16(14)23(34)36)21-29-10-15(11-30-21)39(2,37)38/h5,7-13H,3-4,6H2,1-2H3,(H2,32,33,35). The summed E-state index contributed by atoms with van der Waals surface area (Å²) in [6.45, 7) is 1.84. The number of rotatable bonds is 8. The van der Waals surface area contributed by atoms with Crippen LogP contribution in [0, 0.1) is 5.82 Å². The Morgan fingerprint density at radius 1 is 1.13 bits per heavy atom. The SMILES string of the molecule is CC(CCCn1ccc2cc(-c3ncc(S(C)(=O)=O)cn3)c(F)cc2c1=O)Nc1cn[nH]c(=O)c1C(F)(F)F. The maximum absolute atomic E-state index is 14.9. The molecule has 0 saturated heterocycles. The largest absolute Gasteiger partial charge is 0.423 e. The van der Waals surface area contributed by atoms with E-state index in [0.717, 1.165) is 30.9 Å². The van der Waals surface area contributed by atoms with Gasteiger partial charge in [-0.2, -0.15) is 18.3 Å². The first-order chi connectivity index (χ1) is 18.3. The topological polar surface area (TPSA) is 140 Å². The Bertz CT molecular complexity index is 1750.